The molecule has 0 spiro atoms. The molecule has 82 valence electrons. The maximum absolute atomic E-state index is 11.9. The minimum Gasteiger partial charge on any atom is -0.309 e. The lowest BCUT2D eigenvalue weighted by atomic mass is 10.1. The lowest BCUT2D eigenvalue weighted by Gasteiger charge is -2.10. The summed E-state index contributed by atoms with van der Waals surface area (Å²) in [5, 5.41) is 3.35. The molecule has 0 bridgehead atoms. The van der Waals surface area contributed by atoms with E-state index in [-0.39, 0.29) is 11.6 Å². The van der Waals surface area contributed by atoms with Crippen LogP contribution in [0.3, 0.4) is 0 Å². The normalized spacial score (nSPS) is 20.4. The zero-order chi connectivity index (χ0) is 11.0. The third kappa shape index (κ3) is 1.51. The van der Waals surface area contributed by atoms with Crippen molar-refractivity contribution in [1.82, 2.24) is 14.7 Å². The predicted octanol–water partition coefficient (Wildman–Crippen LogP) is 1.12. The van der Waals surface area contributed by atoms with Gasteiger partial charge in [0, 0.05) is 18.3 Å². The first-order valence-electron chi connectivity index (χ1n) is 5.56. The first-order valence-corrected chi connectivity index (χ1v) is 5.56. The lowest BCUT2D eigenvalue weighted by Crippen LogP contribution is -2.20. The van der Waals surface area contributed by atoms with Crippen LogP contribution in [-0.2, 0) is 0 Å². The molecular weight excluding hydrogens is 202 g/mol. The van der Waals surface area contributed by atoms with Crippen LogP contribution in [0.4, 0.5) is 0 Å². The van der Waals surface area contributed by atoms with Gasteiger partial charge in [-0.3, -0.25) is 9.20 Å². The molecule has 1 N–H and O–H groups in total. The molecule has 0 aliphatic carbocycles. The molecule has 1 unspecified atom stereocenters. The molecule has 1 atom stereocenters. The van der Waals surface area contributed by atoms with Crippen LogP contribution in [-0.4, -0.2) is 15.9 Å². The fraction of sp³-hybridized carbons (Fsp3) is 0.333. The maximum atomic E-state index is 11.9. The molecule has 0 amide bonds. The van der Waals surface area contributed by atoms with Crippen LogP contribution < -0.4 is 10.9 Å². The van der Waals surface area contributed by atoms with E-state index >= 15 is 0 Å². The van der Waals surface area contributed by atoms with Gasteiger partial charge in [0.2, 0.25) is 0 Å². The number of fused-ring (bicyclic) bond motifs is 1. The van der Waals surface area contributed by atoms with Crippen LogP contribution in [0.15, 0.2) is 35.3 Å². The van der Waals surface area contributed by atoms with Gasteiger partial charge in [-0.05, 0) is 31.5 Å². The molecule has 3 heterocycles. The molecule has 16 heavy (non-hydrogen) atoms. The second-order valence-corrected chi connectivity index (χ2v) is 4.10. The van der Waals surface area contributed by atoms with Gasteiger partial charge >= 0.3 is 0 Å². The van der Waals surface area contributed by atoms with Crippen LogP contribution in [0.5, 0.6) is 0 Å². The average Bonchev–Trinajstić information content (AvgIpc) is 2.82. The van der Waals surface area contributed by atoms with Crippen LogP contribution in [0, 0.1) is 0 Å². The van der Waals surface area contributed by atoms with E-state index in [1.54, 1.807) is 16.7 Å². The molecule has 1 aliphatic rings. The highest BCUT2D eigenvalue weighted by atomic mass is 16.1. The summed E-state index contributed by atoms with van der Waals surface area (Å²) < 4.78 is 1.57. The number of pyridine rings is 1. The summed E-state index contributed by atoms with van der Waals surface area (Å²) in [5.74, 6) is 0. The Labute approximate surface area is 92.9 Å². The summed E-state index contributed by atoms with van der Waals surface area (Å²) in [6.07, 6.45) is 3.96. The van der Waals surface area contributed by atoms with Crippen molar-refractivity contribution in [1.29, 1.82) is 0 Å². The van der Waals surface area contributed by atoms with E-state index in [0.29, 0.717) is 0 Å². The van der Waals surface area contributed by atoms with Crippen molar-refractivity contribution in [3.8, 4) is 0 Å². The van der Waals surface area contributed by atoms with Crippen LogP contribution in [0.2, 0.25) is 0 Å². The molecular formula is C12H13N3O. The predicted molar refractivity (Wildman–Crippen MR) is 61.4 cm³/mol. The molecule has 0 saturated carbocycles. The molecule has 2 aromatic heterocycles. The number of nitrogens with one attached hydrogen (secondary N) is 1. The number of rotatable bonds is 1. The van der Waals surface area contributed by atoms with Crippen molar-refractivity contribution in [3.05, 3.63) is 46.5 Å². The van der Waals surface area contributed by atoms with Crippen molar-refractivity contribution in [2.75, 3.05) is 6.54 Å². The largest absolute Gasteiger partial charge is 0.309 e. The van der Waals surface area contributed by atoms with E-state index in [0.717, 1.165) is 30.7 Å². The van der Waals surface area contributed by atoms with Gasteiger partial charge in [0.1, 0.15) is 5.65 Å². The van der Waals surface area contributed by atoms with Gasteiger partial charge in [0.25, 0.3) is 5.56 Å². The first kappa shape index (κ1) is 9.54. The maximum Gasteiger partial charge on any atom is 0.258 e. The van der Waals surface area contributed by atoms with Gasteiger partial charge in [-0.15, -0.1) is 0 Å². The monoisotopic (exact) mass is 215 g/mol. The molecule has 0 radical (unpaired) electrons. The second-order valence-electron chi connectivity index (χ2n) is 4.10. The minimum absolute atomic E-state index is 0.00528. The minimum atomic E-state index is -0.00528. The van der Waals surface area contributed by atoms with E-state index in [1.807, 2.05) is 18.2 Å². The van der Waals surface area contributed by atoms with Crippen molar-refractivity contribution in [3.63, 3.8) is 0 Å². The quantitative estimate of drug-likeness (QED) is 0.775. The summed E-state index contributed by atoms with van der Waals surface area (Å²) in [7, 11) is 0. The van der Waals surface area contributed by atoms with E-state index in [2.05, 4.69) is 10.3 Å². The van der Waals surface area contributed by atoms with Crippen molar-refractivity contribution < 1.29 is 0 Å². The highest BCUT2D eigenvalue weighted by Crippen LogP contribution is 2.20. The standard InChI is InChI=1S/C12H13N3O/c16-12-8-10(9-4-3-6-13-9)14-11-5-1-2-7-15(11)12/h1-2,5,7-9,13H,3-4,6H2. The van der Waals surface area contributed by atoms with Crippen LogP contribution >= 0.6 is 0 Å². The smallest absolute Gasteiger partial charge is 0.258 e. The van der Waals surface area contributed by atoms with Crippen molar-refractivity contribution >= 4 is 5.65 Å². The topological polar surface area (TPSA) is 46.4 Å². The molecule has 1 fully saturated rings. The highest BCUT2D eigenvalue weighted by Gasteiger charge is 2.18. The summed E-state index contributed by atoms with van der Waals surface area (Å²) in [4.78, 5) is 16.4. The Hall–Kier alpha value is -1.68. The van der Waals surface area contributed by atoms with Gasteiger partial charge in [0.05, 0.1) is 5.69 Å². The summed E-state index contributed by atoms with van der Waals surface area (Å²) >= 11 is 0. The molecule has 1 aliphatic heterocycles. The Morgan fingerprint density at radius 1 is 1.44 bits per heavy atom. The number of hydrogen-bond acceptors (Lipinski definition) is 3. The van der Waals surface area contributed by atoms with E-state index in [4.69, 9.17) is 0 Å². The zero-order valence-electron chi connectivity index (χ0n) is 8.89. The average molecular weight is 215 g/mol. The Morgan fingerprint density at radius 2 is 2.38 bits per heavy atom. The first-order chi connectivity index (χ1) is 7.84. The fourth-order valence-corrected chi connectivity index (χ4v) is 2.19. The lowest BCUT2D eigenvalue weighted by molar-refractivity contribution is 0.626. The third-order valence-corrected chi connectivity index (χ3v) is 3.01. The fourth-order valence-electron chi connectivity index (χ4n) is 2.19. The Kier molecular flexibility index (Phi) is 2.22. The Bertz CT molecular complexity index is 570. The molecule has 2 aromatic rings. The van der Waals surface area contributed by atoms with E-state index < -0.39 is 0 Å². The molecule has 4 nitrogen and oxygen atoms in total. The van der Waals surface area contributed by atoms with Crippen LogP contribution in [0.1, 0.15) is 24.6 Å². The van der Waals surface area contributed by atoms with Crippen LogP contribution in [0.25, 0.3) is 5.65 Å². The van der Waals surface area contributed by atoms with Crippen molar-refractivity contribution in [2.24, 2.45) is 0 Å². The molecule has 1 saturated heterocycles. The number of aromatic nitrogens is 2. The van der Waals surface area contributed by atoms with E-state index in [9.17, 15) is 4.79 Å². The van der Waals surface area contributed by atoms with Gasteiger partial charge < -0.3 is 5.32 Å². The summed E-state index contributed by atoms with van der Waals surface area (Å²) in [6.45, 7) is 1.01. The van der Waals surface area contributed by atoms with Gasteiger partial charge in [-0.1, -0.05) is 6.07 Å². The Balaban J connectivity index is 2.17. The number of hydrogen-bond donors (Lipinski definition) is 1. The van der Waals surface area contributed by atoms with Gasteiger partial charge in [-0.25, -0.2) is 4.98 Å². The zero-order valence-corrected chi connectivity index (χ0v) is 8.89. The van der Waals surface area contributed by atoms with Gasteiger partial charge in [-0.2, -0.15) is 0 Å². The number of nitrogens with zero attached hydrogens (tertiary/aromatic N) is 2. The molecule has 3 rings (SSSR count). The molecule has 4 heteroatoms. The second kappa shape index (κ2) is 3.72. The summed E-state index contributed by atoms with van der Waals surface area (Å²) in [5.41, 5.74) is 1.58. The van der Waals surface area contributed by atoms with Crippen molar-refractivity contribution in [2.45, 2.75) is 18.9 Å². The Morgan fingerprint density at radius 3 is 3.19 bits per heavy atom. The summed E-state index contributed by atoms with van der Waals surface area (Å²) in [6, 6.07) is 7.48. The highest BCUT2D eigenvalue weighted by molar-refractivity contribution is 5.38. The molecule has 0 aromatic carbocycles. The van der Waals surface area contributed by atoms with E-state index in [1.165, 1.54) is 0 Å². The van der Waals surface area contributed by atoms with Gasteiger partial charge in [0.15, 0.2) is 0 Å². The third-order valence-electron chi connectivity index (χ3n) is 3.01. The SMILES string of the molecule is O=c1cc(C2CCCN2)nc2ccccn12.